The zero-order valence-electron chi connectivity index (χ0n) is 9.30. The summed E-state index contributed by atoms with van der Waals surface area (Å²) in [7, 11) is 0. The smallest absolute Gasteiger partial charge is 0.135 e. The van der Waals surface area contributed by atoms with Gasteiger partial charge in [0.2, 0.25) is 0 Å². The Hall–Kier alpha value is -0.930. The van der Waals surface area contributed by atoms with Crippen LogP contribution in [0.15, 0.2) is 11.4 Å². The van der Waals surface area contributed by atoms with Crippen LogP contribution in [0.1, 0.15) is 11.1 Å². The number of phenols is 1. The van der Waals surface area contributed by atoms with Crippen LogP contribution in [-0.4, -0.2) is 18.0 Å². The van der Waals surface area contributed by atoms with Crippen LogP contribution in [0.5, 0.6) is 5.75 Å². The first kappa shape index (κ1) is 11.6. The number of aryl methyl sites for hydroxylation is 1. The van der Waals surface area contributed by atoms with Crippen molar-refractivity contribution in [2.45, 2.75) is 13.3 Å². The third-order valence-electron chi connectivity index (χ3n) is 2.81. The third kappa shape index (κ3) is 1.64. The third-order valence-corrected chi connectivity index (χ3v) is 3.93. The van der Waals surface area contributed by atoms with Gasteiger partial charge in [0.15, 0.2) is 0 Å². The van der Waals surface area contributed by atoms with Crippen molar-refractivity contribution in [3.05, 3.63) is 22.6 Å². The molecular formula is C12H14ClNOS. The molecule has 4 heteroatoms. The van der Waals surface area contributed by atoms with Crippen molar-refractivity contribution in [3.8, 4) is 5.75 Å². The second-order valence-electron chi connectivity index (χ2n) is 3.72. The molecule has 2 aromatic rings. The average Bonchev–Trinajstić information content (AvgIpc) is 2.88. The Kier molecular flexibility index (Phi) is 3.26. The molecule has 0 saturated carbocycles. The molecule has 0 bridgehead atoms. The minimum atomic E-state index is 0.409. The molecule has 0 saturated heterocycles. The summed E-state index contributed by atoms with van der Waals surface area (Å²) < 4.78 is 1.03. The number of alkyl halides is 1. The van der Waals surface area contributed by atoms with Gasteiger partial charge in [0.05, 0.1) is 4.70 Å². The second-order valence-corrected chi connectivity index (χ2v) is 4.60. The van der Waals surface area contributed by atoms with Crippen molar-refractivity contribution >= 4 is 38.7 Å². The normalized spacial score (nSPS) is 12.9. The van der Waals surface area contributed by atoms with Crippen molar-refractivity contribution in [2.75, 3.05) is 18.2 Å². The maximum atomic E-state index is 9.82. The van der Waals surface area contributed by atoms with Gasteiger partial charge in [-0.3, -0.25) is 0 Å². The standard InChI is InChI=1S/C11H11NOS.CH3Cl/c1-6-5-14-11-9(13)4-8-7(10(6)11)2-3-12-8;1-2/h4-5,12-13H,2-3H2,1H3;1H3. The number of rotatable bonds is 0. The Morgan fingerprint density at radius 2 is 2.19 bits per heavy atom. The van der Waals surface area contributed by atoms with E-state index in [4.69, 9.17) is 0 Å². The van der Waals surface area contributed by atoms with Gasteiger partial charge in [-0.1, -0.05) is 0 Å². The van der Waals surface area contributed by atoms with Gasteiger partial charge < -0.3 is 10.4 Å². The number of phenolic OH excluding ortho intramolecular Hbond substituents is 1. The first-order valence-electron chi connectivity index (χ1n) is 5.11. The number of hydrogen-bond acceptors (Lipinski definition) is 3. The van der Waals surface area contributed by atoms with E-state index in [1.54, 1.807) is 11.3 Å². The van der Waals surface area contributed by atoms with Gasteiger partial charge >= 0.3 is 0 Å². The summed E-state index contributed by atoms with van der Waals surface area (Å²) in [5.74, 6) is 0.409. The Morgan fingerprint density at radius 3 is 2.94 bits per heavy atom. The monoisotopic (exact) mass is 255 g/mol. The summed E-state index contributed by atoms with van der Waals surface area (Å²) in [6.07, 6.45) is 2.55. The van der Waals surface area contributed by atoms with Crippen LogP contribution >= 0.6 is 22.9 Å². The van der Waals surface area contributed by atoms with Crippen molar-refractivity contribution in [2.24, 2.45) is 0 Å². The molecule has 0 unspecified atom stereocenters. The van der Waals surface area contributed by atoms with Crippen LogP contribution in [0.4, 0.5) is 5.69 Å². The highest BCUT2D eigenvalue weighted by Gasteiger charge is 2.18. The predicted molar refractivity (Wildman–Crippen MR) is 72.2 cm³/mol. The van der Waals surface area contributed by atoms with Gasteiger partial charge in [-0.05, 0) is 29.9 Å². The number of anilines is 1. The second kappa shape index (κ2) is 4.52. The number of nitrogens with one attached hydrogen (secondary N) is 1. The van der Waals surface area contributed by atoms with Gasteiger partial charge in [-0.15, -0.1) is 22.9 Å². The Labute approximate surface area is 104 Å². The van der Waals surface area contributed by atoms with Crippen molar-refractivity contribution in [1.82, 2.24) is 0 Å². The lowest BCUT2D eigenvalue weighted by Crippen LogP contribution is -1.90. The fourth-order valence-electron chi connectivity index (χ4n) is 2.17. The van der Waals surface area contributed by atoms with E-state index in [9.17, 15) is 5.11 Å². The number of aromatic hydroxyl groups is 1. The van der Waals surface area contributed by atoms with Crippen LogP contribution in [0.3, 0.4) is 0 Å². The van der Waals surface area contributed by atoms with E-state index in [2.05, 4.69) is 29.2 Å². The molecule has 16 heavy (non-hydrogen) atoms. The number of benzene rings is 1. The quantitative estimate of drug-likeness (QED) is 0.703. The summed E-state index contributed by atoms with van der Waals surface area (Å²) in [5.41, 5.74) is 3.76. The lowest BCUT2D eigenvalue weighted by atomic mass is 10.0. The zero-order valence-corrected chi connectivity index (χ0v) is 10.9. The molecule has 2 heterocycles. The summed E-state index contributed by atoms with van der Waals surface area (Å²) in [6, 6.07) is 1.85. The van der Waals surface area contributed by atoms with E-state index >= 15 is 0 Å². The first-order chi connectivity index (χ1) is 7.77. The molecule has 0 fully saturated rings. The fraction of sp³-hybridized carbons (Fsp3) is 0.333. The fourth-order valence-corrected chi connectivity index (χ4v) is 3.17. The molecular weight excluding hydrogens is 242 g/mol. The summed E-state index contributed by atoms with van der Waals surface area (Å²) in [4.78, 5) is 0. The Balaban J connectivity index is 0.000000457. The van der Waals surface area contributed by atoms with Crippen molar-refractivity contribution in [1.29, 1.82) is 0 Å². The predicted octanol–water partition coefficient (Wildman–Crippen LogP) is 3.74. The zero-order chi connectivity index (χ0) is 11.7. The number of thiophene rings is 1. The largest absolute Gasteiger partial charge is 0.506 e. The van der Waals surface area contributed by atoms with Gasteiger partial charge in [0.25, 0.3) is 0 Å². The summed E-state index contributed by atoms with van der Waals surface area (Å²) in [5, 5.41) is 16.5. The maximum Gasteiger partial charge on any atom is 0.135 e. The first-order valence-corrected chi connectivity index (χ1v) is 6.75. The molecule has 2 nitrogen and oxygen atoms in total. The van der Waals surface area contributed by atoms with Crippen LogP contribution in [0.2, 0.25) is 0 Å². The molecule has 86 valence electrons. The van der Waals surface area contributed by atoms with E-state index < -0.39 is 0 Å². The molecule has 2 N–H and O–H groups in total. The highest BCUT2D eigenvalue weighted by molar-refractivity contribution is 7.17. The molecule has 0 radical (unpaired) electrons. The molecule has 1 aromatic carbocycles. The Morgan fingerprint density at radius 1 is 1.44 bits per heavy atom. The van der Waals surface area contributed by atoms with Gasteiger partial charge in [-0.25, -0.2) is 0 Å². The highest BCUT2D eigenvalue weighted by atomic mass is 35.5. The molecule has 0 atom stereocenters. The van der Waals surface area contributed by atoms with E-state index in [0.717, 1.165) is 23.4 Å². The van der Waals surface area contributed by atoms with Crippen LogP contribution in [-0.2, 0) is 6.42 Å². The highest BCUT2D eigenvalue weighted by Crippen LogP contribution is 2.41. The van der Waals surface area contributed by atoms with Crippen LogP contribution in [0, 0.1) is 6.92 Å². The number of halogens is 1. The minimum absolute atomic E-state index is 0.409. The van der Waals surface area contributed by atoms with Gasteiger partial charge in [-0.2, -0.15) is 0 Å². The maximum absolute atomic E-state index is 9.82. The molecule has 1 aliphatic rings. The average molecular weight is 256 g/mol. The van der Waals surface area contributed by atoms with E-state index in [-0.39, 0.29) is 0 Å². The molecule has 1 aromatic heterocycles. The van der Waals surface area contributed by atoms with Gasteiger partial charge in [0.1, 0.15) is 5.75 Å². The van der Waals surface area contributed by atoms with Crippen molar-refractivity contribution < 1.29 is 5.11 Å². The van der Waals surface area contributed by atoms with E-state index in [1.807, 2.05) is 6.07 Å². The summed E-state index contributed by atoms with van der Waals surface area (Å²) >= 11 is 6.27. The molecule has 0 amide bonds. The lowest BCUT2D eigenvalue weighted by Gasteiger charge is -2.04. The SMILES string of the molecule is CCl.Cc1csc2c(O)cc3c(c12)CCN3. The molecule has 0 spiro atoms. The Bertz CT molecular complexity index is 521. The van der Waals surface area contributed by atoms with Crippen molar-refractivity contribution in [3.63, 3.8) is 0 Å². The van der Waals surface area contributed by atoms with E-state index in [1.165, 1.54) is 22.9 Å². The van der Waals surface area contributed by atoms with Crippen LogP contribution in [0.25, 0.3) is 10.1 Å². The topological polar surface area (TPSA) is 32.3 Å². The molecule has 1 aliphatic heterocycles. The lowest BCUT2D eigenvalue weighted by molar-refractivity contribution is 0.483. The number of fused-ring (bicyclic) bond motifs is 3. The minimum Gasteiger partial charge on any atom is -0.506 e. The van der Waals surface area contributed by atoms with Crippen LogP contribution < -0.4 is 5.32 Å². The molecule has 3 rings (SSSR count). The summed E-state index contributed by atoms with van der Waals surface area (Å²) in [6.45, 7) is 3.10. The van der Waals surface area contributed by atoms with Gasteiger partial charge in [0, 0.05) is 30.1 Å². The van der Waals surface area contributed by atoms with E-state index in [0.29, 0.717) is 5.75 Å². The number of hydrogen-bond donors (Lipinski definition) is 2. The molecule has 0 aliphatic carbocycles.